The van der Waals surface area contributed by atoms with Crippen molar-refractivity contribution in [3.8, 4) is 17.2 Å². The molecule has 2 aromatic rings. The second-order valence-corrected chi connectivity index (χ2v) is 7.24. The molecule has 1 aliphatic rings. The monoisotopic (exact) mass is 428 g/mol. The van der Waals surface area contributed by atoms with E-state index >= 15 is 0 Å². The van der Waals surface area contributed by atoms with Crippen molar-refractivity contribution >= 4 is 17.3 Å². The molecule has 0 spiro atoms. The number of carbonyl (C=O) groups is 1. The lowest BCUT2D eigenvalue weighted by atomic mass is 10.2. The molecule has 7 nitrogen and oxygen atoms in total. The van der Waals surface area contributed by atoms with Gasteiger partial charge in [-0.05, 0) is 38.5 Å². The minimum absolute atomic E-state index is 0.143. The molecule has 1 aliphatic heterocycles. The Morgan fingerprint density at radius 2 is 1.77 bits per heavy atom. The average Bonchev–Trinajstić information content (AvgIpc) is 2.76. The van der Waals surface area contributed by atoms with E-state index in [-0.39, 0.29) is 12.3 Å². The Balaban J connectivity index is 1.70. The van der Waals surface area contributed by atoms with Gasteiger partial charge in [-0.1, -0.05) is 12.1 Å². The second-order valence-electron chi connectivity index (χ2n) is 7.24. The van der Waals surface area contributed by atoms with Crippen LogP contribution in [-0.2, 0) is 9.53 Å². The molecule has 0 atom stereocenters. The Morgan fingerprint density at radius 1 is 1.03 bits per heavy atom. The Bertz CT molecular complexity index is 865. The highest BCUT2D eigenvalue weighted by atomic mass is 16.5. The fourth-order valence-electron chi connectivity index (χ4n) is 3.42. The summed E-state index contributed by atoms with van der Waals surface area (Å²) in [6, 6.07) is 11.6. The molecule has 0 aliphatic carbocycles. The van der Waals surface area contributed by atoms with Crippen LogP contribution >= 0.6 is 0 Å². The van der Waals surface area contributed by atoms with Crippen molar-refractivity contribution in [1.29, 1.82) is 0 Å². The van der Waals surface area contributed by atoms with Gasteiger partial charge in [-0.3, -0.25) is 4.79 Å². The lowest BCUT2D eigenvalue weighted by molar-refractivity contribution is -0.116. The van der Waals surface area contributed by atoms with Gasteiger partial charge in [-0.2, -0.15) is 0 Å². The van der Waals surface area contributed by atoms with Gasteiger partial charge in [0.15, 0.2) is 0 Å². The number of hydrogen-bond donors (Lipinski definition) is 1. The maximum atomic E-state index is 12.6. The largest absolute Gasteiger partial charge is 0.493 e. The van der Waals surface area contributed by atoms with Crippen LogP contribution in [0.25, 0.3) is 0 Å². The second kappa shape index (κ2) is 11.5. The van der Waals surface area contributed by atoms with Crippen LogP contribution in [0.15, 0.2) is 36.4 Å². The van der Waals surface area contributed by atoms with Crippen LogP contribution in [0.5, 0.6) is 17.2 Å². The fourth-order valence-corrected chi connectivity index (χ4v) is 3.42. The summed E-state index contributed by atoms with van der Waals surface area (Å²) in [5.41, 5.74) is 2.67. The first-order chi connectivity index (χ1) is 15.1. The van der Waals surface area contributed by atoms with E-state index in [4.69, 9.17) is 18.9 Å². The normalized spacial score (nSPS) is 13.6. The molecule has 2 aromatic carbocycles. The van der Waals surface area contributed by atoms with Crippen molar-refractivity contribution in [1.82, 2.24) is 0 Å². The first kappa shape index (κ1) is 22.7. The molecule has 1 N–H and O–H groups in total. The van der Waals surface area contributed by atoms with Gasteiger partial charge < -0.3 is 29.2 Å². The Kier molecular flexibility index (Phi) is 8.41. The van der Waals surface area contributed by atoms with Crippen LogP contribution in [0.2, 0.25) is 0 Å². The standard InChI is InChI=1S/C24H32N2O5/c1-4-29-22-17-21(26-10-13-28-14-11-26)23(30-5-2)16-20(22)25-24(27)9-12-31-19-8-6-7-18(3)15-19/h6-8,15-17H,4-5,9-14H2,1-3H3,(H,25,27). The van der Waals surface area contributed by atoms with E-state index in [2.05, 4.69) is 10.2 Å². The molecular weight excluding hydrogens is 396 g/mol. The summed E-state index contributed by atoms with van der Waals surface area (Å²) in [5, 5.41) is 2.95. The van der Waals surface area contributed by atoms with E-state index in [1.54, 1.807) is 0 Å². The Hall–Kier alpha value is -2.93. The van der Waals surface area contributed by atoms with Crippen molar-refractivity contribution in [3.63, 3.8) is 0 Å². The van der Waals surface area contributed by atoms with Crippen LogP contribution in [0.4, 0.5) is 11.4 Å². The highest BCUT2D eigenvalue weighted by molar-refractivity contribution is 5.93. The van der Waals surface area contributed by atoms with E-state index < -0.39 is 0 Å². The number of ether oxygens (including phenoxy) is 4. The van der Waals surface area contributed by atoms with Crippen molar-refractivity contribution in [3.05, 3.63) is 42.0 Å². The highest BCUT2D eigenvalue weighted by Crippen LogP contribution is 2.39. The minimum Gasteiger partial charge on any atom is -0.493 e. The predicted molar refractivity (Wildman–Crippen MR) is 122 cm³/mol. The zero-order valence-corrected chi connectivity index (χ0v) is 18.6. The zero-order chi connectivity index (χ0) is 22.1. The molecule has 0 unspecified atom stereocenters. The van der Waals surface area contributed by atoms with Crippen molar-refractivity contribution in [2.24, 2.45) is 0 Å². The SMILES string of the molecule is CCOc1cc(N2CCOCC2)c(OCC)cc1NC(=O)CCOc1cccc(C)c1. The first-order valence-corrected chi connectivity index (χ1v) is 10.9. The summed E-state index contributed by atoms with van der Waals surface area (Å²) in [6.45, 7) is 10.1. The number of morpholine rings is 1. The number of nitrogens with one attached hydrogen (secondary N) is 1. The molecule has 1 fully saturated rings. The Morgan fingerprint density at radius 3 is 2.48 bits per heavy atom. The van der Waals surface area contributed by atoms with E-state index in [1.807, 2.05) is 57.2 Å². The summed E-state index contributed by atoms with van der Waals surface area (Å²) >= 11 is 0. The minimum atomic E-state index is -0.143. The maximum Gasteiger partial charge on any atom is 0.227 e. The van der Waals surface area contributed by atoms with Gasteiger partial charge in [0.05, 0.1) is 50.8 Å². The van der Waals surface area contributed by atoms with Crippen LogP contribution in [0, 0.1) is 6.92 Å². The van der Waals surface area contributed by atoms with Crippen LogP contribution < -0.4 is 24.4 Å². The molecule has 0 bridgehead atoms. The quantitative estimate of drug-likeness (QED) is 0.616. The lowest BCUT2D eigenvalue weighted by Crippen LogP contribution is -2.36. The zero-order valence-electron chi connectivity index (χ0n) is 18.6. The summed E-state index contributed by atoms with van der Waals surface area (Å²) in [4.78, 5) is 14.8. The third-order valence-corrected chi connectivity index (χ3v) is 4.87. The van der Waals surface area contributed by atoms with Crippen LogP contribution in [0.1, 0.15) is 25.8 Å². The number of hydrogen-bond acceptors (Lipinski definition) is 6. The smallest absolute Gasteiger partial charge is 0.227 e. The first-order valence-electron chi connectivity index (χ1n) is 10.9. The Labute approximate surface area is 184 Å². The number of benzene rings is 2. The van der Waals surface area contributed by atoms with Gasteiger partial charge in [0, 0.05) is 25.2 Å². The molecule has 1 saturated heterocycles. The van der Waals surface area contributed by atoms with Gasteiger partial charge in [0.25, 0.3) is 0 Å². The number of nitrogens with zero attached hydrogens (tertiary/aromatic N) is 1. The molecule has 31 heavy (non-hydrogen) atoms. The number of aryl methyl sites for hydroxylation is 1. The van der Waals surface area contributed by atoms with Crippen molar-refractivity contribution in [2.45, 2.75) is 27.2 Å². The molecule has 7 heteroatoms. The number of carbonyl (C=O) groups excluding carboxylic acids is 1. The van der Waals surface area contributed by atoms with Crippen LogP contribution in [-0.4, -0.2) is 52.0 Å². The summed E-state index contributed by atoms with van der Waals surface area (Å²) in [5.74, 6) is 1.96. The van der Waals surface area contributed by atoms with Gasteiger partial charge in [-0.15, -0.1) is 0 Å². The highest BCUT2D eigenvalue weighted by Gasteiger charge is 2.20. The average molecular weight is 429 g/mol. The molecular formula is C24H32N2O5. The van der Waals surface area contributed by atoms with Crippen molar-refractivity contribution in [2.75, 3.05) is 56.3 Å². The summed E-state index contributed by atoms with van der Waals surface area (Å²) < 4.78 is 22.9. The third-order valence-electron chi connectivity index (χ3n) is 4.87. The molecule has 0 saturated carbocycles. The predicted octanol–water partition coefficient (Wildman–Crippen LogP) is 4.04. The molecule has 168 valence electrons. The van der Waals surface area contributed by atoms with E-state index in [1.165, 1.54) is 0 Å². The fraction of sp³-hybridized carbons (Fsp3) is 0.458. The number of amides is 1. The van der Waals surface area contributed by atoms with Crippen LogP contribution in [0.3, 0.4) is 0 Å². The van der Waals surface area contributed by atoms with E-state index in [0.717, 1.165) is 35.8 Å². The topological polar surface area (TPSA) is 69.3 Å². The van der Waals surface area contributed by atoms with Gasteiger partial charge >= 0.3 is 0 Å². The summed E-state index contributed by atoms with van der Waals surface area (Å²) in [6.07, 6.45) is 0.231. The van der Waals surface area contributed by atoms with Gasteiger partial charge in [-0.25, -0.2) is 0 Å². The van der Waals surface area contributed by atoms with Gasteiger partial charge in [0.1, 0.15) is 17.2 Å². The lowest BCUT2D eigenvalue weighted by Gasteiger charge is -2.31. The molecule has 0 aromatic heterocycles. The molecule has 1 amide bonds. The maximum absolute atomic E-state index is 12.6. The molecule has 1 heterocycles. The third kappa shape index (κ3) is 6.52. The summed E-state index contributed by atoms with van der Waals surface area (Å²) in [7, 11) is 0. The number of rotatable bonds is 10. The van der Waals surface area contributed by atoms with Gasteiger partial charge in [0.2, 0.25) is 5.91 Å². The molecule has 3 rings (SSSR count). The van der Waals surface area contributed by atoms with E-state index in [9.17, 15) is 4.79 Å². The number of anilines is 2. The van der Waals surface area contributed by atoms with Crippen molar-refractivity contribution < 1.29 is 23.7 Å². The van der Waals surface area contributed by atoms with E-state index in [0.29, 0.717) is 44.5 Å². The molecule has 0 radical (unpaired) electrons.